The standard InChI is InChI=1S/C12H15O2/c1-3-14-12(13)10(2)9-11-7-5-4-6-8-11/h4-8,10H,2-3,9H2,1H3/q-1. The van der Waals surface area contributed by atoms with Crippen molar-refractivity contribution in [1.82, 2.24) is 0 Å². The molecule has 0 spiro atoms. The second kappa shape index (κ2) is 5.43. The van der Waals surface area contributed by atoms with Crippen LogP contribution in [0.2, 0.25) is 0 Å². The summed E-state index contributed by atoms with van der Waals surface area (Å²) in [5.74, 6) is -0.534. The summed E-state index contributed by atoms with van der Waals surface area (Å²) in [5.41, 5.74) is 1.11. The fourth-order valence-electron chi connectivity index (χ4n) is 1.24. The molecular weight excluding hydrogens is 176 g/mol. The molecule has 2 heteroatoms. The van der Waals surface area contributed by atoms with Gasteiger partial charge in [0.25, 0.3) is 5.97 Å². The highest BCUT2D eigenvalue weighted by Gasteiger charge is 2.07. The van der Waals surface area contributed by atoms with Crippen molar-refractivity contribution in [2.75, 3.05) is 6.61 Å². The SMILES string of the molecule is [CH2-]C(Cc1ccccc1)C(=O)OCC. The largest absolute Gasteiger partial charge is 0.468 e. The average molecular weight is 191 g/mol. The van der Waals surface area contributed by atoms with Crippen molar-refractivity contribution in [3.63, 3.8) is 0 Å². The smallest absolute Gasteiger partial charge is 0.278 e. The van der Waals surface area contributed by atoms with Gasteiger partial charge in [-0.05, 0) is 18.9 Å². The number of rotatable bonds is 4. The third-order valence-electron chi connectivity index (χ3n) is 1.94. The van der Waals surface area contributed by atoms with E-state index in [1.807, 2.05) is 30.3 Å². The van der Waals surface area contributed by atoms with E-state index in [4.69, 9.17) is 4.74 Å². The first-order valence-electron chi connectivity index (χ1n) is 4.77. The van der Waals surface area contributed by atoms with Crippen LogP contribution in [0, 0.1) is 12.8 Å². The molecule has 0 amide bonds. The summed E-state index contributed by atoms with van der Waals surface area (Å²) in [6, 6.07) is 9.82. The first kappa shape index (κ1) is 10.8. The minimum absolute atomic E-state index is 0.226. The molecule has 0 radical (unpaired) electrons. The quantitative estimate of drug-likeness (QED) is 0.539. The number of hydrogen-bond acceptors (Lipinski definition) is 2. The number of benzene rings is 1. The Hall–Kier alpha value is -1.31. The van der Waals surface area contributed by atoms with E-state index in [0.29, 0.717) is 13.0 Å². The Morgan fingerprint density at radius 3 is 2.64 bits per heavy atom. The number of esters is 1. The molecule has 1 aromatic carbocycles. The molecule has 0 saturated carbocycles. The van der Waals surface area contributed by atoms with Gasteiger partial charge >= 0.3 is 0 Å². The highest BCUT2D eigenvalue weighted by molar-refractivity contribution is 5.73. The van der Waals surface area contributed by atoms with Crippen LogP contribution in [0.25, 0.3) is 0 Å². The maximum atomic E-state index is 11.3. The van der Waals surface area contributed by atoms with E-state index in [1.54, 1.807) is 6.92 Å². The Kier molecular flexibility index (Phi) is 4.17. The topological polar surface area (TPSA) is 26.3 Å². The maximum Gasteiger partial charge on any atom is 0.278 e. The molecule has 76 valence electrons. The van der Waals surface area contributed by atoms with Gasteiger partial charge in [0.1, 0.15) is 0 Å². The van der Waals surface area contributed by atoms with Gasteiger partial charge in [0.2, 0.25) is 0 Å². The molecule has 0 aliphatic heterocycles. The predicted molar refractivity (Wildman–Crippen MR) is 55.6 cm³/mol. The summed E-state index contributed by atoms with van der Waals surface area (Å²) in [6.07, 6.45) is 0.639. The number of carbonyl (C=O) groups is 1. The fourth-order valence-corrected chi connectivity index (χ4v) is 1.24. The monoisotopic (exact) mass is 191 g/mol. The molecule has 0 saturated heterocycles. The summed E-state index contributed by atoms with van der Waals surface area (Å²) in [5, 5.41) is 0. The summed E-state index contributed by atoms with van der Waals surface area (Å²) in [6.45, 7) is 5.99. The molecule has 14 heavy (non-hydrogen) atoms. The zero-order valence-electron chi connectivity index (χ0n) is 8.40. The average Bonchev–Trinajstić information content (AvgIpc) is 2.19. The molecule has 0 aromatic heterocycles. The van der Waals surface area contributed by atoms with Crippen molar-refractivity contribution in [2.24, 2.45) is 5.92 Å². The van der Waals surface area contributed by atoms with Gasteiger partial charge in [-0.3, -0.25) is 4.79 Å². The summed E-state index contributed by atoms with van der Waals surface area (Å²) < 4.78 is 4.87. The molecule has 0 bridgehead atoms. The Morgan fingerprint density at radius 1 is 1.43 bits per heavy atom. The van der Waals surface area contributed by atoms with Crippen LogP contribution in [0.5, 0.6) is 0 Å². The van der Waals surface area contributed by atoms with E-state index in [2.05, 4.69) is 6.92 Å². The van der Waals surface area contributed by atoms with Crippen LogP contribution in [0.3, 0.4) is 0 Å². The third kappa shape index (κ3) is 3.21. The maximum absolute atomic E-state index is 11.3. The zero-order valence-corrected chi connectivity index (χ0v) is 8.40. The van der Waals surface area contributed by atoms with Gasteiger partial charge in [-0.15, -0.1) is 0 Å². The van der Waals surface area contributed by atoms with Gasteiger partial charge in [-0.2, -0.15) is 0 Å². The molecule has 1 rings (SSSR count). The van der Waals surface area contributed by atoms with Crippen LogP contribution < -0.4 is 0 Å². The number of hydrogen-bond donors (Lipinski definition) is 0. The van der Waals surface area contributed by atoms with Gasteiger partial charge in [0, 0.05) is 0 Å². The van der Waals surface area contributed by atoms with Crippen LogP contribution in [0.4, 0.5) is 0 Å². The van der Waals surface area contributed by atoms with Gasteiger partial charge in [-0.1, -0.05) is 36.2 Å². The first-order valence-corrected chi connectivity index (χ1v) is 4.77. The van der Waals surface area contributed by atoms with Crippen molar-refractivity contribution >= 4 is 5.97 Å². The minimum atomic E-state index is -0.308. The Balaban J connectivity index is 2.49. The van der Waals surface area contributed by atoms with Crippen LogP contribution >= 0.6 is 0 Å². The van der Waals surface area contributed by atoms with Crippen molar-refractivity contribution in [3.05, 3.63) is 42.8 Å². The summed E-state index contributed by atoms with van der Waals surface area (Å²) >= 11 is 0. The van der Waals surface area contributed by atoms with E-state index in [0.717, 1.165) is 5.56 Å². The van der Waals surface area contributed by atoms with E-state index in [9.17, 15) is 4.79 Å². The second-order valence-corrected chi connectivity index (χ2v) is 3.14. The Labute approximate surface area is 84.9 Å². The highest BCUT2D eigenvalue weighted by atomic mass is 16.5. The van der Waals surface area contributed by atoms with Gasteiger partial charge < -0.3 is 11.7 Å². The van der Waals surface area contributed by atoms with Crippen molar-refractivity contribution in [2.45, 2.75) is 13.3 Å². The van der Waals surface area contributed by atoms with E-state index in [-0.39, 0.29) is 11.9 Å². The van der Waals surface area contributed by atoms with Crippen LogP contribution in [0.1, 0.15) is 12.5 Å². The van der Waals surface area contributed by atoms with Gasteiger partial charge in [0.15, 0.2) is 0 Å². The lowest BCUT2D eigenvalue weighted by Gasteiger charge is -2.15. The Bertz CT molecular complexity index is 280. The van der Waals surface area contributed by atoms with Crippen LogP contribution in [-0.2, 0) is 16.0 Å². The fraction of sp³-hybridized carbons (Fsp3) is 0.333. The lowest BCUT2D eigenvalue weighted by molar-refractivity contribution is -0.146. The van der Waals surface area contributed by atoms with E-state index in [1.165, 1.54) is 0 Å². The first-order chi connectivity index (χ1) is 6.74. The number of ether oxygens (including phenoxy) is 1. The second-order valence-electron chi connectivity index (χ2n) is 3.14. The van der Waals surface area contributed by atoms with Crippen LogP contribution in [-0.4, -0.2) is 12.6 Å². The zero-order chi connectivity index (χ0) is 10.4. The van der Waals surface area contributed by atoms with E-state index < -0.39 is 0 Å². The van der Waals surface area contributed by atoms with Crippen LogP contribution in [0.15, 0.2) is 30.3 Å². The normalized spacial score (nSPS) is 12.1. The van der Waals surface area contributed by atoms with Crippen molar-refractivity contribution < 1.29 is 9.53 Å². The predicted octanol–water partition coefficient (Wildman–Crippen LogP) is 2.24. The summed E-state index contributed by atoms with van der Waals surface area (Å²) in [4.78, 5) is 11.3. The molecule has 1 aromatic rings. The minimum Gasteiger partial charge on any atom is -0.468 e. The lowest BCUT2D eigenvalue weighted by atomic mass is 10.0. The lowest BCUT2D eigenvalue weighted by Crippen LogP contribution is -2.17. The molecule has 1 atom stereocenters. The Morgan fingerprint density at radius 2 is 2.07 bits per heavy atom. The molecule has 0 aliphatic rings. The molecule has 0 fully saturated rings. The summed E-state index contributed by atoms with van der Waals surface area (Å²) in [7, 11) is 0. The third-order valence-corrected chi connectivity index (χ3v) is 1.94. The number of carbonyl (C=O) groups excluding carboxylic acids is 1. The molecule has 0 N–H and O–H groups in total. The van der Waals surface area contributed by atoms with Gasteiger partial charge in [-0.25, -0.2) is 0 Å². The van der Waals surface area contributed by atoms with Crippen molar-refractivity contribution in [1.29, 1.82) is 0 Å². The molecule has 2 nitrogen and oxygen atoms in total. The molecule has 1 unspecified atom stereocenters. The molecule has 0 aliphatic carbocycles. The van der Waals surface area contributed by atoms with Crippen molar-refractivity contribution in [3.8, 4) is 0 Å². The van der Waals surface area contributed by atoms with Gasteiger partial charge in [0.05, 0.1) is 6.61 Å². The van der Waals surface area contributed by atoms with E-state index >= 15 is 0 Å². The highest BCUT2D eigenvalue weighted by Crippen LogP contribution is 2.09. The molecular formula is C12H15O2-. The molecule has 0 heterocycles.